The van der Waals surface area contributed by atoms with Gasteiger partial charge in [0.25, 0.3) is 5.91 Å². The molecule has 0 spiro atoms. The highest BCUT2D eigenvalue weighted by Gasteiger charge is 2.24. The maximum atomic E-state index is 13.3. The van der Waals surface area contributed by atoms with Crippen LogP contribution < -0.4 is 4.90 Å². The van der Waals surface area contributed by atoms with E-state index in [0.29, 0.717) is 25.7 Å². The molecule has 174 valence electrons. The lowest BCUT2D eigenvalue weighted by Gasteiger charge is -2.30. The summed E-state index contributed by atoms with van der Waals surface area (Å²) in [6.07, 6.45) is 4.49. The molecule has 0 aliphatic carbocycles. The van der Waals surface area contributed by atoms with Crippen LogP contribution in [-0.2, 0) is 27.4 Å². The van der Waals surface area contributed by atoms with Gasteiger partial charge in [-0.3, -0.25) is 19.2 Å². The van der Waals surface area contributed by atoms with Crippen LogP contribution in [0.1, 0.15) is 31.4 Å². The summed E-state index contributed by atoms with van der Waals surface area (Å²) < 4.78 is 6.82. The number of fused-ring (bicyclic) bond motifs is 1. The fourth-order valence-corrected chi connectivity index (χ4v) is 4.09. The Morgan fingerprint density at radius 2 is 1.88 bits per heavy atom. The zero-order valence-corrected chi connectivity index (χ0v) is 19.7. The largest absolute Gasteiger partial charge is 0.375 e. The molecule has 0 unspecified atom stereocenters. The SMILES string of the molecule is COCC(=O)N1CCCN(C(C)C)CCN(C(=O)Cn2cc(C)cn2)Cc2ccccc21. The molecule has 1 aromatic heterocycles. The summed E-state index contributed by atoms with van der Waals surface area (Å²) in [5, 5.41) is 4.28. The number of anilines is 1. The van der Waals surface area contributed by atoms with Gasteiger partial charge in [-0.05, 0) is 44.4 Å². The molecule has 1 aliphatic heterocycles. The summed E-state index contributed by atoms with van der Waals surface area (Å²) in [5.74, 6) is -0.0548. The van der Waals surface area contributed by atoms with Crippen molar-refractivity contribution in [1.82, 2.24) is 19.6 Å². The third kappa shape index (κ3) is 6.17. The van der Waals surface area contributed by atoms with E-state index in [1.54, 1.807) is 10.9 Å². The van der Waals surface area contributed by atoms with Gasteiger partial charge in [0.05, 0.1) is 6.20 Å². The number of ether oxygens (including phenoxy) is 1. The summed E-state index contributed by atoms with van der Waals surface area (Å²) in [4.78, 5) is 32.2. The van der Waals surface area contributed by atoms with Gasteiger partial charge < -0.3 is 14.5 Å². The average molecular weight is 442 g/mol. The topological polar surface area (TPSA) is 70.9 Å². The van der Waals surface area contributed by atoms with Crippen molar-refractivity contribution in [2.75, 3.05) is 44.8 Å². The number of hydrogen-bond donors (Lipinski definition) is 0. The Hall–Kier alpha value is -2.71. The normalized spacial score (nSPS) is 16.0. The first-order chi connectivity index (χ1) is 15.4. The molecule has 0 fully saturated rings. The van der Waals surface area contributed by atoms with Crippen LogP contribution in [-0.4, -0.2) is 77.3 Å². The van der Waals surface area contributed by atoms with E-state index in [2.05, 4.69) is 23.8 Å². The minimum Gasteiger partial charge on any atom is -0.375 e. The molecular formula is C24H35N5O3. The smallest absolute Gasteiger partial charge is 0.252 e. The lowest BCUT2D eigenvalue weighted by molar-refractivity contribution is -0.133. The number of nitrogens with zero attached hydrogens (tertiary/aromatic N) is 5. The summed E-state index contributed by atoms with van der Waals surface area (Å²) in [6, 6.07) is 8.20. The van der Waals surface area contributed by atoms with Gasteiger partial charge in [-0.1, -0.05) is 18.2 Å². The lowest BCUT2D eigenvalue weighted by atomic mass is 10.1. The van der Waals surface area contributed by atoms with E-state index in [1.165, 1.54) is 7.11 Å². The van der Waals surface area contributed by atoms with Gasteiger partial charge in [-0.15, -0.1) is 0 Å². The van der Waals surface area contributed by atoms with Crippen molar-refractivity contribution >= 4 is 17.5 Å². The highest BCUT2D eigenvalue weighted by atomic mass is 16.5. The number of rotatable bonds is 5. The summed E-state index contributed by atoms with van der Waals surface area (Å²) in [7, 11) is 1.54. The molecule has 0 bridgehead atoms. The van der Waals surface area contributed by atoms with Crippen molar-refractivity contribution in [2.45, 2.75) is 46.3 Å². The Labute approximate surface area is 190 Å². The predicted octanol–water partition coefficient (Wildman–Crippen LogP) is 2.31. The molecule has 32 heavy (non-hydrogen) atoms. The van der Waals surface area contributed by atoms with Crippen molar-refractivity contribution in [3.8, 4) is 0 Å². The highest BCUT2D eigenvalue weighted by molar-refractivity contribution is 5.95. The summed E-state index contributed by atoms with van der Waals surface area (Å²) in [5.41, 5.74) is 2.83. The van der Waals surface area contributed by atoms with E-state index in [-0.39, 0.29) is 25.0 Å². The standard InChI is InChI=1S/C24H35N5O3/c1-19(2)26-10-7-11-29(24(31)18-32-4)22-9-6-5-8-21(22)16-27(13-12-26)23(30)17-28-15-20(3)14-25-28/h5-6,8-9,14-15,19H,7,10-13,16-18H2,1-4H3. The van der Waals surface area contributed by atoms with Gasteiger partial charge in [0.15, 0.2) is 0 Å². The van der Waals surface area contributed by atoms with Gasteiger partial charge in [0, 0.05) is 57.8 Å². The van der Waals surface area contributed by atoms with E-state index < -0.39 is 0 Å². The number of hydrogen-bond acceptors (Lipinski definition) is 5. The minimum atomic E-state index is -0.0693. The van der Waals surface area contributed by atoms with Crippen LogP contribution in [0.2, 0.25) is 0 Å². The molecule has 2 aromatic rings. The van der Waals surface area contributed by atoms with Crippen LogP contribution in [0.15, 0.2) is 36.7 Å². The second-order valence-corrected chi connectivity index (χ2v) is 8.62. The minimum absolute atomic E-state index is 0.0145. The maximum Gasteiger partial charge on any atom is 0.252 e. The zero-order valence-electron chi connectivity index (χ0n) is 19.7. The fourth-order valence-electron chi connectivity index (χ4n) is 4.09. The summed E-state index contributed by atoms with van der Waals surface area (Å²) >= 11 is 0. The van der Waals surface area contributed by atoms with E-state index in [9.17, 15) is 9.59 Å². The van der Waals surface area contributed by atoms with E-state index in [4.69, 9.17) is 4.74 Å². The van der Waals surface area contributed by atoms with Crippen molar-refractivity contribution in [2.24, 2.45) is 0 Å². The van der Waals surface area contributed by atoms with Crippen LogP contribution in [0.25, 0.3) is 0 Å². The van der Waals surface area contributed by atoms with Crippen molar-refractivity contribution in [1.29, 1.82) is 0 Å². The zero-order chi connectivity index (χ0) is 23.1. The van der Waals surface area contributed by atoms with E-state index in [0.717, 1.165) is 36.3 Å². The quantitative estimate of drug-likeness (QED) is 0.712. The van der Waals surface area contributed by atoms with Gasteiger partial charge in [-0.25, -0.2) is 0 Å². The van der Waals surface area contributed by atoms with E-state index in [1.807, 2.05) is 47.2 Å². The van der Waals surface area contributed by atoms with Gasteiger partial charge in [0.1, 0.15) is 13.2 Å². The second-order valence-electron chi connectivity index (χ2n) is 8.62. The van der Waals surface area contributed by atoms with Gasteiger partial charge in [-0.2, -0.15) is 5.10 Å². The van der Waals surface area contributed by atoms with Crippen LogP contribution in [0.4, 0.5) is 5.69 Å². The van der Waals surface area contributed by atoms with Crippen molar-refractivity contribution < 1.29 is 14.3 Å². The molecule has 0 saturated carbocycles. The van der Waals surface area contributed by atoms with Crippen LogP contribution in [0, 0.1) is 6.92 Å². The Kier molecular flexibility index (Phi) is 8.41. The summed E-state index contributed by atoms with van der Waals surface area (Å²) in [6.45, 7) is 9.85. The number of carbonyl (C=O) groups is 2. The maximum absolute atomic E-state index is 13.3. The molecule has 2 amide bonds. The molecule has 0 N–H and O–H groups in total. The number of benzene rings is 1. The number of carbonyl (C=O) groups excluding carboxylic acids is 2. The van der Waals surface area contributed by atoms with Crippen molar-refractivity contribution in [3.05, 3.63) is 47.8 Å². The van der Waals surface area contributed by atoms with Crippen LogP contribution in [0.3, 0.4) is 0 Å². The molecule has 0 atom stereocenters. The number of aromatic nitrogens is 2. The molecular weight excluding hydrogens is 406 g/mol. The van der Waals surface area contributed by atoms with Crippen LogP contribution in [0.5, 0.6) is 0 Å². The highest BCUT2D eigenvalue weighted by Crippen LogP contribution is 2.24. The first-order valence-corrected chi connectivity index (χ1v) is 11.3. The number of methoxy groups -OCH3 is 1. The lowest BCUT2D eigenvalue weighted by Crippen LogP contribution is -2.42. The molecule has 1 aromatic carbocycles. The third-order valence-electron chi connectivity index (χ3n) is 5.84. The Balaban J connectivity index is 1.92. The molecule has 2 heterocycles. The molecule has 3 rings (SSSR count). The molecule has 8 nitrogen and oxygen atoms in total. The van der Waals surface area contributed by atoms with Gasteiger partial charge in [0.2, 0.25) is 5.91 Å². The molecule has 0 saturated heterocycles. The molecule has 1 aliphatic rings. The van der Waals surface area contributed by atoms with Gasteiger partial charge >= 0.3 is 0 Å². The Morgan fingerprint density at radius 1 is 1.09 bits per heavy atom. The van der Waals surface area contributed by atoms with E-state index >= 15 is 0 Å². The Morgan fingerprint density at radius 3 is 2.56 bits per heavy atom. The fraction of sp³-hybridized carbons (Fsp3) is 0.542. The monoisotopic (exact) mass is 441 g/mol. The second kappa shape index (κ2) is 11.2. The predicted molar refractivity (Wildman–Crippen MR) is 124 cm³/mol. The number of amides is 2. The number of para-hydroxylation sites is 1. The van der Waals surface area contributed by atoms with Crippen LogP contribution >= 0.6 is 0 Å². The third-order valence-corrected chi connectivity index (χ3v) is 5.84. The first kappa shape index (κ1) is 23.9. The average Bonchev–Trinajstić information content (AvgIpc) is 3.15. The Bertz CT molecular complexity index is 911. The van der Waals surface area contributed by atoms with Crippen molar-refractivity contribution in [3.63, 3.8) is 0 Å². The molecule has 8 heteroatoms. The molecule has 0 radical (unpaired) electrons. The first-order valence-electron chi connectivity index (χ1n) is 11.3. The number of aryl methyl sites for hydroxylation is 1.